The van der Waals surface area contributed by atoms with Gasteiger partial charge in [0.05, 0.1) is 6.04 Å². The molecule has 1 rings (SSSR count). The van der Waals surface area contributed by atoms with Crippen LogP contribution >= 0.6 is 0 Å². The smallest absolute Gasteiger partial charge is 0.445 e. The van der Waals surface area contributed by atoms with E-state index in [4.69, 9.17) is 4.74 Å². The minimum atomic E-state index is -4.88. The number of benzene rings is 1. The van der Waals surface area contributed by atoms with Gasteiger partial charge in [-0.2, -0.15) is 13.2 Å². The number of nitrogens with one attached hydrogen (secondary N) is 3. The third kappa shape index (κ3) is 13.4. The zero-order valence-electron chi connectivity index (χ0n) is 19.2. The molecule has 0 heterocycles. The van der Waals surface area contributed by atoms with Crippen molar-refractivity contribution in [3.63, 3.8) is 0 Å². The molecule has 0 aliphatic heterocycles. The summed E-state index contributed by atoms with van der Waals surface area (Å²) in [5.41, 5.74) is 0.834. The van der Waals surface area contributed by atoms with Gasteiger partial charge in [0.1, 0.15) is 6.61 Å². The molecule has 0 aromatic heterocycles. The second-order valence-electron chi connectivity index (χ2n) is 7.78. The van der Waals surface area contributed by atoms with Gasteiger partial charge in [-0.1, -0.05) is 36.8 Å². The first-order chi connectivity index (χ1) is 16.1. The molecule has 1 aromatic carbocycles. The molecule has 11 heteroatoms. The van der Waals surface area contributed by atoms with Crippen LogP contribution in [0.15, 0.2) is 30.3 Å². The zero-order chi connectivity index (χ0) is 25.4. The fraction of sp³-hybridized carbons (Fsp3) is 0.565. The third-order valence-electron chi connectivity index (χ3n) is 4.86. The second-order valence-corrected chi connectivity index (χ2v) is 7.78. The average Bonchev–Trinajstić information content (AvgIpc) is 2.78. The minimum absolute atomic E-state index is 0.0922. The molecular weight excluding hydrogens is 455 g/mol. The summed E-state index contributed by atoms with van der Waals surface area (Å²) in [6, 6.07) is 8.49. The number of unbranched alkanes of at least 4 members (excludes halogenated alkanes) is 3. The Bertz CT molecular complexity index is 788. The van der Waals surface area contributed by atoms with Crippen LogP contribution < -0.4 is 16.0 Å². The van der Waals surface area contributed by atoms with Gasteiger partial charge in [-0.05, 0) is 44.6 Å². The maximum atomic E-state index is 12.0. The molecular formula is C23H32F3N3O5. The summed E-state index contributed by atoms with van der Waals surface area (Å²) in [5, 5.41) is 7.08. The average molecular weight is 488 g/mol. The number of ketones is 1. The van der Waals surface area contributed by atoms with Gasteiger partial charge in [-0.25, -0.2) is 4.79 Å². The number of hydrogen-bond acceptors (Lipinski definition) is 5. The van der Waals surface area contributed by atoms with Crippen molar-refractivity contribution in [3.05, 3.63) is 35.9 Å². The Kier molecular flexibility index (Phi) is 13.3. The highest BCUT2D eigenvalue weighted by atomic mass is 19.4. The summed E-state index contributed by atoms with van der Waals surface area (Å²) < 4.78 is 41.2. The predicted octanol–water partition coefficient (Wildman–Crippen LogP) is 3.40. The summed E-state index contributed by atoms with van der Waals surface area (Å²) in [7, 11) is 0. The number of ether oxygens (including phenoxy) is 1. The van der Waals surface area contributed by atoms with Crippen LogP contribution in [0.1, 0.15) is 57.4 Å². The van der Waals surface area contributed by atoms with E-state index in [9.17, 15) is 32.3 Å². The van der Waals surface area contributed by atoms with Gasteiger partial charge < -0.3 is 20.7 Å². The molecule has 0 aliphatic rings. The topological polar surface area (TPSA) is 114 Å². The van der Waals surface area contributed by atoms with Crippen molar-refractivity contribution < 1.29 is 37.1 Å². The van der Waals surface area contributed by atoms with E-state index in [1.165, 1.54) is 6.92 Å². The van der Waals surface area contributed by atoms with E-state index in [-0.39, 0.29) is 31.3 Å². The van der Waals surface area contributed by atoms with E-state index in [1.54, 1.807) is 5.32 Å². The molecule has 0 aliphatic carbocycles. The van der Waals surface area contributed by atoms with Gasteiger partial charge >= 0.3 is 18.2 Å². The van der Waals surface area contributed by atoms with Crippen molar-refractivity contribution in [2.24, 2.45) is 0 Å². The van der Waals surface area contributed by atoms with Crippen molar-refractivity contribution in [2.45, 2.75) is 70.7 Å². The fourth-order valence-electron chi connectivity index (χ4n) is 2.96. The highest BCUT2D eigenvalue weighted by Crippen LogP contribution is 2.14. The molecule has 34 heavy (non-hydrogen) atoms. The Hall–Kier alpha value is -3.11. The van der Waals surface area contributed by atoms with Gasteiger partial charge in [0.15, 0.2) is 5.78 Å². The molecule has 3 N–H and O–H groups in total. The largest absolute Gasteiger partial charge is 0.471 e. The Morgan fingerprint density at radius 3 is 2.21 bits per heavy atom. The van der Waals surface area contributed by atoms with Crippen molar-refractivity contribution >= 4 is 23.7 Å². The van der Waals surface area contributed by atoms with Crippen LogP contribution in [-0.2, 0) is 25.7 Å². The van der Waals surface area contributed by atoms with Crippen molar-refractivity contribution in [3.8, 4) is 0 Å². The predicted molar refractivity (Wildman–Crippen MR) is 119 cm³/mol. The number of carbonyl (C=O) groups excluding carboxylic acids is 4. The maximum absolute atomic E-state index is 12.0. The van der Waals surface area contributed by atoms with Crippen LogP contribution in [-0.4, -0.2) is 49.0 Å². The highest BCUT2D eigenvalue weighted by Gasteiger charge is 2.38. The molecule has 0 radical (unpaired) electrons. The number of halogens is 3. The molecule has 0 spiro atoms. The first-order valence-electron chi connectivity index (χ1n) is 11.2. The molecule has 0 bridgehead atoms. The number of alkyl carbamates (subject to hydrolysis) is 1. The van der Waals surface area contributed by atoms with Crippen LogP contribution in [0.3, 0.4) is 0 Å². The number of carbonyl (C=O) groups is 4. The molecule has 0 saturated carbocycles. The van der Waals surface area contributed by atoms with E-state index in [2.05, 4.69) is 10.6 Å². The Morgan fingerprint density at radius 1 is 0.912 bits per heavy atom. The van der Waals surface area contributed by atoms with Gasteiger partial charge in [0.25, 0.3) is 0 Å². The van der Waals surface area contributed by atoms with Crippen LogP contribution in [0.5, 0.6) is 0 Å². The van der Waals surface area contributed by atoms with Gasteiger partial charge in [0.2, 0.25) is 5.91 Å². The lowest BCUT2D eigenvalue weighted by Gasteiger charge is -2.16. The van der Waals surface area contributed by atoms with Gasteiger partial charge in [0, 0.05) is 19.5 Å². The lowest BCUT2D eigenvalue weighted by atomic mass is 10.1. The molecule has 1 aromatic rings. The van der Waals surface area contributed by atoms with Crippen LogP contribution in [0.4, 0.5) is 18.0 Å². The van der Waals surface area contributed by atoms with Crippen LogP contribution in [0.25, 0.3) is 0 Å². The lowest BCUT2D eigenvalue weighted by molar-refractivity contribution is -0.173. The fourth-order valence-corrected chi connectivity index (χ4v) is 2.96. The lowest BCUT2D eigenvalue weighted by Crippen LogP contribution is -2.40. The maximum Gasteiger partial charge on any atom is 0.471 e. The Morgan fingerprint density at radius 2 is 1.56 bits per heavy atom. The summed E-state index contributed by atoms with van der Waals surface area (Å²) in [6.45, 7) is 1.80. The molecule has 0 unspecified atom stereocenters. The zero-order valence-corrected chi connectivity index (χ0v) is 19.2. The van der Waals surface area contributed by atoms with Gasteiger partial charge in [-0.3, -0.25) is 14.4 Å². The summed E-state index contributed by atoms with van der Waals surface area (Å²) in [4.78, 5) is 46.2. The van der Waals surface area contributed by atoms with E-state index >= 15 is 0 Å². The quantitative estimate of drug-likeness (QED) is 0.328. The number of amides is 3. The van der Waals surface area contributed by atoms with E-state index in [0.717, 1.165) is 5.56 Å². The molecule has 190 valence electrons. The summed E-state index contributed by atoms with van der Waals surface area (Å²) in [5.74, 6) is -2.33. The first-order valence-corrected chi connectivity index (χ1v) is 11.2. The molecule has 0 fully saturated rings. The number of alkyl halides is 3. The van der Waals surface area contributed by atoms with E-state index in [0.29, 0.717) is 45.1 Å². The van der Waals surface area contributed by atoms with Crippen LogP contribution in [0, 0.1) is 0 Å². The Labute approximate surface area is 197 Å². The monoisotopic (exact) mass is 487 g/mol. The Balaban J connectivity index is 2.10. The molecule has 3 amide bonds. The SMILES string of the molecule is CC(=O)[C@H](CCCCNC(=O)CCCCCNC(=O)C(F)(F)F)NC(=O)OCc1ccccc1. The van der Waals surface area contributed by atoms with E-state index in [1.807, 2.05) is 30.3 Å². The minimum Gasteiger partial charge on any atom is -0.445 e. The number of rotatable bonds is 15. The van der Waals surface area contributed by atoms with Crippen LogP contribution in [0.2, 0.25) is 0 Å². The second kappa shape index (κ2) is 15.7. The standard InChI is InChI=1S/C23H32F3N3O5/c1-17(30)19(29-22(33)34-16-18-10-4-2-5-11-18)12-7-9-14-27-20(31)13-6-3-8-15-28-21(32)23(24,25)26/h2,4-5,10-11,19H,3,6-9,12-16H2,1H3,(H,27,31)(H,28,32)(H,29,33)/t19-/m0/s1. The van der Waals surface area contributed by atoms with E-state index < -0.39 is 24.2 Å². The van der Waals surface area contributed by atoms with Gasteiger partial charge in [-0.15, -0.1) is 0 Å². The number of hydrogen-bond donors (Lipinski definition) is 3. The molecule has 8 nitrogen and oxygen atoms in total. The van der Waals surface area contributed by atoms with Crippen molar-refractivity contribution in [2.75, 3.05) is 13.1 Å². The van der Waals surface area contributed by atoms with Crippen molar-refractivity contribution in [1.82, 2.24) is 16.0 Å². The third-order valence-corrected chi connectivity index (χ3v) is 4.86. The molecule has 0 saturated heterocycles. The molecule has 1 atom stereocenters. The summed E-state index contributed by atoms with van der Waals surface area (Å²) >= 11 is 0. The summed E-state index contributed by atoms with van der Waals surface area (Å²) in [6.07, 6.45) is -2.34. The van der Waals surface area contributed by atoms with Crippen molar-refractivity contribution in [1.29, 1.82) is 0 Å². The first kappa shape index (κ1) is 28.9. The highest BCUT2D eigenvalue weighted by molar-refractivity contribution is 5.85. The normalized spacial score (nSPS) is 11.9. The number of Topliss-reactive ketones (excluding diaryl/α,β-unsaturated/α-hetero) is 1.